The molecule has 2 aromatic carbocycles. The Balaban J connectivity index is 2.05. The Morgan fingerprint density at radius 1 is 0.955 bits per heavy atom. The number of benzene rings is 2. The van der Waals surface area contributed by atoms with Crippen LogP contribution in [-0.4, -0.2) is 10.8 Å². The van der Waals surface area contributed by atoms with Crippen molar-refractivity contribution in [2.75, 3.05) is 6.26 Å². The maximum Gasteiger partial charge on any atom is 0.152 e. The topological polar surface area (TPSA) is 23.1 Å². The van der Waals surface area contributed by atoms with E-state index in [1.54, 1.807) is 12.3 Å². The molecule has 1 aliphatic carbocycles. The summed E-state index contributed by atoms with van der Waals surface area (Å²) in [6, 6.07) is 12.6. The lowest BCUT2D eigenvalue weighted by Crippen LogP contribution is -1.96. The summed E-state index contributed by atoms with van der Waals surface area (Å²) in [7, 11) is 0. The highest BCUT2D eigenvalue weighted by Gasteiger charge is 2.21. The van der Waals surface area contributed by atoms with Crippen LogP contribution in [-0.2, 0) is 11.2 Å². The molecular weight excluding hydrogens is 295 g/mol. The normalized spacial score (nSPS) is 17.0. The van der Waals surface area contributed by atoms with E-state index in [1.165, 1.54) is 11.6 Å². The van der Waals surface area contributed by atoms with Crippen LogP contribution in [0.3, 0.4) is 0 Å². The van der Waals surface area contributed by atoms with Gasteiger partial charge in [0.05, 0.1) is 0 Å². The molecule has 0 saturated heterocycles. The summed E-state index contributed by atoms with van der Waals surface area (Å²) < 4.78 is 24.9. The molecule has 0 saturated carbocycles. The van der Waals surface area contributed by atoms with Crippen molar-refractivity contribution in [1.29, 1.82) is 0 Å². The van der Waals surface area contributed by atoms with Crippen LogP contribution >= 0.6 is 0 Å². The highest BCUT2D eigenvalue weighted by Crippen LogP contribution is 2.41. The monoisotopic (exact) mass is 312 g/mol. The number of allylic oxidation sites excluding steroid dienone is 3. The summed E-state index contributed by atoms with van der Waals surface area (Å²) >= 11 is -0.964. The fourth-order valence-corrected chi connectivity index (χ4v) is 3.30. The van der Waals surface area contributed by atoms with Gasteiger partial charge >= 0.3 is 0 Å². The lowest BCUT2D eigenvalue weighted by Gasteiger charge is -2.06. The van der Waals surface area contributed by atoms with E-state index in [1.807, 2.05) is 37.3 Å². The average molecular weight is 312 g/mol. The van der Waals surface area contributed by atoms with Gasteiger partial charge in [0.1, 0.15) is 12.1 Å². The smallest absolute Gasteiger partial charge is 0.152 e. The van der Waals surface area contributed by atoms with Crippen molar-refractivity contribution >= 4 is 28.4 Å². The van der Waals surface area contributed by atoms with E-state index in [0.717, 1.165) is 32.7 Å². The molecule has 0 aliphatic heterocycles. The summed E-state index contributed by atoms with van der Waals surface area (Å²) in [5.41, 5.74) is 6.50. The van der Waals surface area contributed by atoms with Crippen molar-refractivity contribution in [3.05, 3.63) is 70.5 Å². The van der Waals surface area contributed by atoms with Gasteiger partial charge in [-0.2, -0.15) is 0 Å². The molecule has 1 unspecified atom stereocenters. The van der Waals surface area contributed by atoms with Crippen LogP contribution < -0.4 is 0 Å². The first-order chi connectivity index (χ1) is 10.5. The zero-order valence-electron chi connectivity index (χ0n) is 12.8. The number of hydrogen-bond acceptors (Lipinski definition) is 1. The average Bonchev–Trinajstić information content (AvgIpc) is 2.73. The van der Waals surface area contributed by atoms with Crippen molar-refractivity contribution in [2.45, 2.75) is 18.7 Å². The Labute approximate surface area is 133 Å². The standard InChI is InChI=1S/C19H17FOS/c1-12-13(2)19-11-15(20)6-9-17(19)18(12)10-14-4-7-16(8-5-14)22(3)21/h4-11H,1-3H3/b18-10-. The van der Waals surface area contributed by atoms with Gasteiger partial charge in [-0.05, 0) is 101 Å². The van der Waals surface area contributed by atoms with Gasteiger partial charge in [-0.1, -0.05) is 6.07 Å². The van der Waals surface area contributed by atoms with Gasteiger partial charge in [0.2, 0.25) is 0 Å². The summed E-state index contributed by atoms with van der Waals surface area (Å²) in [5.74, 6) is -0.207. The largest absolute Gasteiger partial charge is 0.612 e. The van der Waals surface area contributed by atoms with Crippen molar-refractivity contribution in [3.63, 3.8) is 0 Å². The van der Waals surface area contributed by atoms with Crippen molar-refractivity contribution in [3.8, 4) is 0 Å². The Morgan fingerprint density at radius 2 is 1.64 bits per heavy atom. The van der Waals surface area contributed by atoms with Crippen LogP contribution in [0.1, 0.15) is 30.5 Å². The third kappa shape index (κ3) is 2.62. The molecule has 3 heteroatoms. The third-order valence-electron chi connectivity index (χ3n) is 4.17. The predicted molar refractivity (Wildman–Crippen MR) is 91.3 cm³/mol. The molecule has 1 aliphatic rings. The Morgan fingerprint density at radius 3 is 2.27 bits per heavy atom. The van der Waals surface area contributed by atoms with Gasteiger partial charge in [0.15, 0.2) is 4.90 Å². The molecule has 112 valence electrons. The first kappa shape index (κ1) is 15.1. The first-order valence-electron chi connectivity index (χ1n) is 7.10. The second kappa shape index (κ2) is 5.75. The SMILES string of the molecule is CC1=C(C)c2cc(F)ccc2/C1=C\c1ccc([S+](C)[O-])cc1. The highest BCUT2D eigenvalue weighted by atomic mass is 32.2. The van der Waals surface area contributed by atoms with Crippen LogP contribution in [0.2, 0.25) is 0 Å². The summed E-state index contributed by atoms with van der Waals surface area (Å²) in [6.07, 6.45) is 3.77. The molecule has 2 aromatic rings. The summed E-state index contributed by atoms with van der Waals surface area (Å²) in [5, 5.41) is 0. The molecule has 0 bridgehead atoms. The van der Waals surface area contributed by atoms with E-state index < -0.39 is 11.2 Å². The molecule has 0 aromatic heterocycles. The van der Waals surface area contributed by atoms with E-state index in [4.69, 9.17) is 0 Å². The minimum atomic E-state index is -0.964. The molecule has 0 fully saturated rings. The van der Waals surface area contributed by atoms with Crippen molar-refractivity contribution in [1.82, 2.24) is 0 Å². The van der Waals surface area contributed by atoms with E-state index in [-0.39, 0.29) is 5.82 Å². The van der Waals surface area contributed by atoms with Crippen LogP contribution in [0.25, 0.3) is 17.2 Å². The molecule has 3 rings (SSSR count). The van der Waals surface area contributed by atoms with Gasteiger partial charge < -0.3 is 4.55 Å². The van der Waals surface area contributed by atoms with Gasteiger partial charge in [-0.25, -0.2) is 4.39 Å². The van der Waals surface area contributed by atoms with Crippen molar-refractivity contribution in [2.24, 2.45) is 0 Å². The van der Waals surface area contributed by atoms with E-state index in [9.17, 15) is 8.94 Å². The second-order valence-electron chi connectivity index (χ2n) is 5.52. The lowest BCUT2D eigenvalue weighted by molar-refractivity contribution is 0.601. The maximum atomic E-state index is 13.5. The molecule has 1 atom stereocenters. The zero-order chi connectivity index (χ0) is 15.9. The van der Waals surface area contributed by atoms with Gasteiger partial charge in [0.25, 0.3) is 0 Å². The van der Waals surface area contributed by atoms with Crippen LogP contribution in [0.4, 0.5) is 4.39 Å². The number of rotatable bonds is 2. The lowest BCUT2D eigenvalue weighted by atomic mass is 10.0. The third-order valence-corrected chi connectivity index (χ3v) is 5.10. The second-order valence-corrected chi connectivity index (χ2v) is 6.90. The molecule has 22 heavy (non-hydrogen) atoms. The Kier molecular flexibility index (Phi) is 3.94. The fraction of sp³-hybridized carbons (Fsp3) is 0.158. The zero-order valence-corrected chi connectivity index (χ0v) is 13.6. The Bertz CT molecular complexity index is 786. The van der Waals surface area contributed by atoms with Crippen LogP contribution in [0, 0.1) is 5.82 Å². The minimum Gasteiger partial charge on any atom is -0.612 e. The quantitative estimate of drug-likeness (QED) is 0.723. The van der Waals surface area contributed by atoms with Gasteiger partial charge in [-0.3, -0.25) is 0 Å². The first-order valence-corrected chi connectivity index (χ1v) is 8.66. The molecule has 0 spiro atoms. The maximum absolute atomic E-state index is 13.5. The molecule has 0 heterocycles. The van der Waals surface area contributed by atoms with Crippen LogP contribution in [0.15, 0.2) is 52.9 Å². The Hall–Kier alpha value is -1.84. The number of hydrogen-bond donors (Lipinski definition) is 0. The summed E-state index contributed by atoms with van der Waals surface area (Å²) in [6.45, 7) is 4.09. The number of fused-ring (bicyclic) bond motifs is 1. The van der Waals surface area contributed by atoms with E-state index in [2.05, 4.69) is 13.0 Å². The van der Waals surface area contributed by atoms with E-state index in [0.29, 0.717) is 0 Å². The molecule has 0 amide bonds. The van der Waals surface area contributed by atoms with Gasteiger partial charge in [-0.15, -0.1) is 0 Å². The van der Waals surface area contributed by atoms with Crippen LogP contribution in [0.5, 0.6) is 0 Å². The molecule has 0 radical (unpaired) electrons. The number of halogens is 1. The van der Waals surface area contributed by atoms with E-state index >= 15 is 0 Å². The molecule has 0 N–H and O–H groups in total. The fourth-order valence-electron chi connectivity index (χ4n) is 2.78. The van der Waals surface area contributed by atoms with Gasteiger partial charge in [0, 0.05) is 0 Å². The summed E-state index contributed by atoms with van der Waals surface area (Å²) in [4.78, 5) is 0.819. The van der Waals surface area contributed by atoms with Crippen molar-refractivity contribution < 1.29 is 8.94 Å². The highest BCUT2D eigenvalue weighted by molar-refractivity contribution is 7.90. The molecule has 1 nitrogen and oxygen atoms in total. The minimum absolute atomic E-state index is 0.207. The molecular formula is C19H17FOS. The predicted octanol–water partition coefficient (Wildman–Crippen LogP) is 4.91.